The highest BCUT2D eigenvalue weighted by Gasteiger charge is 2.29. The van der Waals surface area contributed by atoms with Crippen molar-refractivity contribution in [1.82, 2.24) is 10.2 Å². The summed E-state index contributed by atoms with van der Waals surface area (Å²) >= 11 is 0. The minimum atomic E-state index is -0.541. The van der Waals surface area contributed by atoms with E-state index < -0.39 is 17.6 Å². The van der Waals surface area contributed by atoms with Crippen molar-refractivity contribution >= 4 is 34.3 Å². The summed E-state index contributed by atoms with van der Waals surface area (Å²) in [5, 5.41) is 3.28. The van der Waals surface area contributed by atoms with Gasteiger partial charge in [-0.2, -0.15) is 0 Å². The molecule has 0 fully saturated rings. The lowest BCUT2D eigenvalue weighted by Gasteiger charge is -2.30. The molecule has 1 N–H and O–H groups in total. The number of benzene rings is 1. The molecule has 0 aliphatic carbocycles. The molecule has 0 unspecified atom stereocenters. The van der Waals surface area contributed by atoms with Gasteiger partial charge in [0, 0.05) is 50.3 Å². The van der Waals surface area contributed by atoms with Crippen LogP contribution in [-0.4, -0.2) is 56.2 Å². The quantitative estimate of drug-likeness (QED) is 0.551. The molecule has 1 aromatic carbocycles. The van der Waals surface area contributed by atoms with Gasteiger partial charge >= 0.3 is 5.63 Å². The average Bonchev–Trinajstić information content (AvgIpc) is 2.73. The third-order valence-electron chi connectivity index (χ3n) is 5.57. The Morgan fingerprint density at radius 3 is 2.27 bits per heavy atom. The molecule has 1 aromatic heterocycles. The highest BCUT2D eigenvalue weighted by molar-refractivity contribution is 5.93. The van der Waals surface area contributed by atoms with Crippen LogP contribution in [0, 0.1) is 11.8 Å². The fourth-order valence-corrected chi connectivity index (χ4v) is 3.65. The number of Topliss-reactive ketones (excluding diaryl/α,β-unsaturated/α-hetero) is 1. The largest absolute Gasteiger partial charge is 0.423 e. The van der Waals surface area contributed by atoms with Gasteiger partial charge in [-0.05, 0) is 30.0 Å². The van der Waals surface area contributed by atoms with Gasteiger partial charge in [0.25, 0.3) is 0 Å². The van der Waals surface area contributed by atoms with Crippen molar-refractivity contribution in [2.45, 2.75) is 46.6 Å². The van der Waals surface area contributed by atoms with Crippen LogP contribution in [0.3, 0.4) is 0 Å². The minimum absolute atomic E-state index is 0.00505. The van der Waals surface area contributed by atoms with Crippen LogP contribution in [0.15, 0.2) is 33.5 Å². The van der Waals surface area contributed by atoms with Crippen molar-refractivity contribution in [2.24, 2.45) is 11.8 Å². The predicted octanol–water partition coefficient (Wildman–Crippen LogP) is 2.62. The number of ketones is 1. The number of carbonyl (C=O) groups is 3. The SMILES string of the molecule is CC(C)C[C@@H](C(=O)C(C)C)N(C)C(=O)CNC(=O)Cc1cc(=O)oc2cc(N(C)C)ccc12. The number of hydrogen-bond acceptors (Lipinski definition) is 6. The van der Waals surface area contributed by atoms with Crippen LogP contribution in [0.1, 0.15) is 39.7 Å². The third-order valence-corrected chi connectivity index (χ3v) is 5.57. The van der Waals surface area contributed by atoms with Gasteiger partial charge in [-0.3, -0.25) is 14.4 Å². The summed E-state index contributed by atoms with van der Waals surface area (Å²) in [6.07, 6.45) is 0.495. The van der Waals surface area contributed by atoms with Crippen LogP contribution in [0.2, 0.25) is 0 Å². The van der Waals surface area contributed by atoms with E-state index in [4.69, 9.17) is 4.42 Å². The first-order valence-electron chi connectivity index (χ1n) is 11.2. The number of fused-ring (bicyclic) bond motifs is 1. The summed E-state index contributed by atoms with van der Waals surface area (Å²) in [7, 11) is 5.36. The minimum Gasteiger partial charge on any atom is -0.423 e. The molecule has 1 atom stereocenters. The smallest absolute Gasteiger partial charge is 0.336 e. The Labute approximate surface area is 194 Å². The van der Waals surface area contributed by atoms with Gasteiger partial charge in [-0.25, -0.2) is 4.79 Å². The lowest BCUT2D eigenvalue weighted by Crippen LogP contribution is -2.48. The van der Waals surface area contributed by atoms with Crippen LogP contribution >= 0.6 is 0 Å². The number of anilines is 1. The molecule has 2 aromatic rings. The maximum Gasteiger partial charge on any atom is 0.336 e. The van der Waals surface area contributed by atoms with Gasteiger partial charge < -0.3 is 19.5 Å². The van der Waals surface area contributed by atoms with E-state index in [1.54, 1.807) is 13.1 Å². The Balaban J connectivity index is 2.10. The molecule has 1 heterocycles. The Bertz CT molecular complexity index is 1070. The summed E-state index contributed by atoms with van der Waals surface area (Å²) in [5.74, 6) is -0.671. The Morgan fingerprint density at radius 2 is 1.70 bits per heavy atom. The molecule has 0 bridgehead atoms. The lowest BCUT2D eigenvalue weighted by molar-refractivity contribution is -0.140. The van der Waals surface area contributed by atoms with Gasteiger partial charge in [0.2, 0.25) is 11.8 Å². The zero-order valence-corrected chi connectivity index (χ0v) is 20.6. The number of amides is 2. The maximum atomic E-state index is 12.7. The summed E-state index contributed by atoms with van der Waals surface area (Å²) in [6, 6.07) is 6.21. The molecule has 0 saturated heterocycles. The molecule has 0 aliphatic heterocycles. The topological polar surface area (TPSA) is 99.9 Å². The summed E-state index contributed by atoms with van der Waals surface area (Å²) < 4.78 is 5.30. The third kappa shape index (κ3) is 6.91. The molecular formula is C25H35N3O5. The van der Waals surface area contributed by atoms with Crippen molar-refractivity contribution in [2.75, 3.05) is 32.6 Å². The van der Waals surface area contributed by atoms with Gasteiger partial charge in [0.15, 0.2) is 5.78 Å². The van der Waals surface area contributed by atoms with Crippen molar-refractivity contribution < 1.29 is 18.8 Å². The zero-order valence-electron chi connectivity index (χ0n) is 20.6. The monoisotopic (exact) mass is 457 g/mol. The van der Waals surface area contributed by atoms with Crippen LogP contribution in [0.25, 0.3) is 11.0 Å². The normalized spacial score (nSPS) is 12.2. The van der Waals surface area contributed by atoms with E-state index in [0.717, 1.165) is 5.69 Å². The van der Waals surface area contributed by atoms with Crippen LogP contribution < -0.4 is 15.8 Å². The Hall–Kier alpha value is -3.16. The second-order valence-corrected chi connectivity index (χ2v) is 9.33. The van der Waals surface area contributed by atoms with Gasteiger partial charge in [-0.15, -0.1) is 0 Å². The Kier molecular flexibility index (Phi) is 8.79. The summed E-state index contributed by atoms with van der Waals surface area (Å²) in [5.41, 5.74) is 1.25. The molecule has 0 spiro atoms. The van der Waals surface area contributed by atoms with Crippen LogP contribution in [0.4, 0.5) is 5.69 Å². The molecular weight excluding hydrogens is 422 g/mol. The first-order chi connectivity index (χ1) is 15.4. The molecule has 0 aliphatic rings. The van der Waals surface area contributed by atoms with Crippen LogP contribution in [0.5, 0.6) is 0 Å². The van der Waals surface area contributed by atoms with Crippen molar-refractivity contribution in [3.8, 4) is 0 Å². The standard InChI is InChI=1S/C25H35N3O5/c1-15(2)10-20(25(32)16(3)4)28(7)23(30)14-26-22(29)11-17-12-24(31)33-21-13-18(27(5)6)8-9-19(17)21/h8-9,12-13,15-16,20H,10-11,14H2,1-7H3,(H,26,29)/t20-/m0/s1. The van der Waals surface area contributed by atoms with Gasteiger partial charge in [-0.1, -0.05) is 27.7 Å². The fraction of sp³-hybridized carbons (Fsp3) is 0.520. The van der Waals surface area contributed by atoms with E-state index in [1.165, 1.54) is 11.0 Å². The lowest BCUT2D eigenvalue weighted by atomic mass is 9.93. The highest BCUT2D eigenvalue weighted by atomic mass is 16.4. The molecule has 2 rings (SSSR count). The second kappa shape index (κ2) is 11.1. The number of rotatable bonds is 10. The fourth-order valence-electron chi connectivity index (χ4n) is 3.65. The van der Waals surface area contributed by atoms with Gasteiger partial charge in [0.1, 0.15) is 5.58 Å². The molecule has 2 amide bonds. The van der Waals surface area contributed by atoms with E-state index in [2.05, 4.69) is 5.32 Å². The van der Waals surface area contributed by atoms with Gasteiger partial charge in [0.05, 0.1) is 19.0 Å². The van der Waals surface area contributed by atoms with E-state index in [0.29, 0.717) is 23.0 Å². The van der Waals surface area contributed by atoms with Crippen LogP contribution in [-0.2, 0) is 20.8 Å². The van der Waals surface area contributed by atoms with E-state index in [-0.39, 0.29) is 36.5 Å². The first kappa shape index (κ1) is 26.1. The van der Waals surface area contributed by atoms with E-state index in [9.17, 15) is 19.2 Å². The van der Waals surface area contributed by atoms with Crippen molar-refractivity contribution in [3.63, 3.8) is 0 Å². The summed E-state index contributed by atoms with van der Waals surface area (Å²) in [6.45, 7) is 7.42. The molecule has 0 radical (unpaired) electrons. The number of likely N-dealkylation sites (N-methyl/N-ethyl adjacent to an activating group) is 1. The molecule has 8 heteroatoms. The Morgan fingerprint density at radius 1 is 1.03 bits per heavy atom. The molecule has 8 nitrogen and oxygen atoms in total. The first-order valence-corrected chi connectivity index (χ1v) is 11.2. The second-order valence-electron chi connectivity index (χ2n) is 9.33. The number of carbonyl (C=O) groups excluding carboxylic acids is 3. The highest BCUT2D eigenvalue weighted by Crippen LogP contribution is 2.23. The molecule has 180 valence electrons. The van der Waals surface area contributed by atoms with Crippen molar-refractivity contribution in [3.05, 3.63) is 40.2 Å². The number of hydrogen-bond donors (Lipinski definition) is 1. The molecule has 0 saturated carbocycles. The van der Waals surface area contributed by atoms with E-state index >= 15 is 0 Å². The summed E-state index contributed by atoms with van der Waals surface area (Å²) in [4.78, 5) is 53.2. The van der Waals surface area contributed by atoms with E-state index in [1.807, 2.05) is 58.8 Å². The molecule has 33 heavy (non-hydrogen) atoms. The zero-order chi connectivity index (χ0) is 24.9. The maximum absolute atomic E-state index is 12.7. The van der Waals surface area contributed by atoms with Crippen molar-refractivity contribution in [1.29, 1.82) is 0 Å². The predicted molar refractivity (Wildman–Crippen MR) is 129 cm³/mol. The number of nitrogens with one attached hydrogen (secondary N) is 1. The average molecular weight is 458 g/mol. The number of nitrogens with zero attached hydrogens (tertiary/aromatic N) is 2.